The SMILES string of the molecule is CC(C)(C)c1ccc2c(c1)N(c1ccc(C3=CCCC4=C3C(C)(C)c3ccccc34)cc1)c1cccc3c1B2c1ccc(C(C)(C)C)cc1N3c1ccc(-c2cccc3c2C(C)(C)c2ccccc2-3)cc1. The molecule has 0 atom stereocenters. The van der Waals surface area contributed by atoms with Crippen molar-refractivity contribution in [2.45, 2.75) is 104 Å². The first kappa shape index (κ1) is 43.9. The molecule has 2 nitrogen and oxygen atoms in total. The van der Waals surface area contributed by atoms with Crippen LogP contribution in [0.2, 0.25) is 0 Å². The van der Waals surface area contributed by atoms with Crippen molar-refractivity contribution in [2.75, 3.05) is 9.80 Å². The van der Waals surface area contributed by atoms with Crippen LogP contribution >= 0.6 is 0 Å². The summed E-state index contributed by atoms with van der Waals surface area (Å²) in [5.74, 6) is 0. The van der Waals surface area contributed by atoms with Crippen LogP contribution in [0.5, 0.6) is 0 Å². The predicted molar refractivity (Wildman–Crippen MR) is 304 cm³/mol. The highest BCUT2D eigenvalue weighted by Gasteiger charge is 2.45. The minimum atomic E-state index is -0.0989. The fourth-order valence-electron chi connectivity index (χ4n) is 13.5. The van der Waals surface area contributed by atoms with Crippen molar-refractivity contribution >= 4 is 68.4 Å². The lowest BCUT2D eigenvalue weighted by Gasteiger charge is -2.45. The third kappa shape index (κ3) is 6.40. The molecule has 0 saturated carbocycles. The molecule has 13 rings (SSSR count). The van der Waals surface area contributed by atoms with Crippen LogP contribution in [0, 0.1) is 0 Å². The number of hydrogen-bond acceptors (Lipinski definition) is 2. The quantitative estimate of drug-likeness (QED) is 0.162. The van der Waals surface area contributed by atoms with Gasteiger partial charge in [0.05, 0.1) is 0 Å². The normalized spacial score (nSPS) is 16.6. The molecule has 5 aliphatic rings. The minimum Gasteiger partial charge on any atom is -0.311 e. The van der Waals surface area contributed by atoms with Gasteiger partial charge < -0.3 is 9.80 Å². The second-order valence-electron chi connectivity index (χ2n) is 24.0. The first-order valence-corrected chi connectivity index (χ1v) is 26.0. The van der Waals surface area contributed by atoms with E-state index >= 15 is 0 Å². The second-order valence-corrected chi connectivity index (χ2v) is 24.0. The average Bonchev–Trinajstić information content (AvgIpc) is 3.75. The van der Waals surface area contributed by atoms with Crippen LogP contribution in [0.4, 0.5) is 34.1 Å². The first-order chi connectivity index (χ1) is 34.0. The molecule has 0 fully saturated rings. The number of nitrogens with zero attached hydrogens (tertiary/aromatic N) is 2. The summed E-state index contributed by atoms with van der Waals surface area (Å²) >= 11 is 0. The highest BCUT2D eigenvalue weighted by atomic mass is 15.2. The fraction of sp³-hybridized carbons (Fsp3) is 0.235. The van der Waals surface area contributed by atoms with Crippen molar-refractivity contribution in [3.63, 3.8) is 0 Å². The van der Waals surface area contributed by atoms with E-state index in [1.165, 1.54) is 128 Å². The molecule has 0 saturated heterocycles. The summed E-state index contributed by atoms with van der Waals surface area (Å²) < 4.78 is 0. The van der Waals surface area contributed by atoms with Crippen molar-refractivity contribution in [1.82, 2.24) is 0 Å². The number of rotatable bonds is 4. The van der Waals surface area contributed by atoms with Gasteiger partial charge in [0.15, 0.2) is 0 Å². The van der Waals surface area contributed by atoms with E-state index < -0.39 is 0 Å². The van der Waals surface area contributed by atoms with Crippen molar-refractivity contribution < 1.29 is 0 Å². The zero-order chi connectivity index (χ0) is 48.9. The summed E-state index contributed by atoms with van der Waals surface area (Å²) in [5.41, 5.74) is 30.5. The molecule has 2 aliphatic heterocycles. The zero-order valence-corrected chi connectivity index (χ0v) is 43.1. The largest absolute Gasteiger partial charge is 0.311 e. The molecule has 0 aromatic heterocycles. The molecular formula is C68H63BN2. The van der Waals surface area contributed by atoms with Gasteiger partial charge in [-0.1, -0.05) is 197 Å². The fourth-order valence-corrected chi connectivity index (χ4v) is 13.5. The Hall–Kier alpha value is -7.10. The van der Waals surface area contributed by atoms with E-state index in [9.17, 15) is 0 Å². The highest BCUT2D eigenvalue weighted by molar-refractivity contribution is 7.00. The van der Waals surface area contributed by atoms with E-state index in [4.69, 9.17) is 0 Å². The molecule has 0 bridgehead atoms. The second kappa shape index (κ2) is 15.2. The van der Waals surface area contributed by atoms with Crippen molar-refractivity contribution in [2.24, 2.45) is 0 Å². The Kier molecular flexibility index (Phi) is 9.40. The van der Waals surface area contributed by atoms with Gasteiger partial charge in [0.1, 0.15) is 0 Å². The summed E-state index contributed by atoms with van der Waals surface area (Å²) in [7, 11) is 0. The average molecular weight is 919 g/mol. The molecule has 8 aromatic rings. The summed E-state index contributed by atoms with van der Waals surface area (Å²) in [6, 6.07) is 65.6. The van der Waals surface area contributed by atoms with Gasteiger partial charge in [-0.25, -0.2) is 0 Å². The van der Waals surface area contributed by atoms with Gasteiger partial charge in [-0.3, -0.25) is 0 Å². The van der Waals surface area contributed by atoms with Crippen LogP contribution in [0.15, 0.2) is 182 Å². The molecule has 0 spiro atoms. The minimum absolute atomic E-state index is 0.0220. The van der Waals surface area contributed by atoms with E-state index in [-0.39, 0.29) is 28.4 Å². The zero-order valence-electron chi connectivity index (χ0n) is 43.1. The Bertz CT molecular complexity index is 3600. The number of anilines is 6. The van der Waals surface area contributed by atoms with Gasteiger partial charge in [0.25, 0.3) is 6.71 Å². The van der Waals surface area contributed by atoms with Gasteiger partial charge in [0.2, 0.25) is 0 Å². The monoisotopic (exact) mass is 919 g/mol. The number of hydrogen-bond donors (Lipinski definition) is 0. The van der Waals surface area contributed by atoms with Gasteiger partial charge in [0, 0.05) is 45.0 Å². The molecule has 0 unspecified atom stereocenters. The Morgan fingerprint density at radius 3 is 1.52 bits per heavy atom. The Balaban J connectivity index is 0.964. The van der Waals surface area contributed by atoms with Crippen LogP contribution in [0.25, 0.3) is 33.4 Å². The Morgan fingerprint density at radius 1 is 0.451 bits per heavy atom. The standard InChI is InChI=1S/C68H63BN2/c1-65(2,3)44-32-38-56-60(40-44)70(46-34-28-42(29-35-46)48-20-15-22-52-50-18-11-13-24-54(50)67(7,8)62(48)52)58-26-17-27-59-64(58)69(56)57-39-33-45(66(4,5)6)41-61(57)71(59)47-36-30-43(31-37-47)49-21-16-23-53-51-19-12-14-25-55(51)68(9,10)63(49)53/h11-15,17-22,24-41H,16,23H2,1-10H3. The number of fused-ring (bicyclic) bond motifs is 9. The third-order valence-corrected chi connectivity index (χ3v) is 17.0. The van der Waals surface area contributed by atoms with Crippen LogP contribution in [0.3, 0.4) is 0 Å². The van der Waals surface area contributed by atoms with E-state index in [0.29, 0.717) is 0 Å². The van der Waals surface area contributed by atoms with Crippen LogP contribution in [-0.2, 0) is 21.7 Å². The van der Waals surface area contributed by atoms with Gasteiger partial charge in [-0.15, -0.1) is 0 Å². The molecule has 3 aliphatic carbocycles. The maximum atomic E-state index is 2.57. The lowest BCUT2D eigenvalue weighted by molar-refractivity contribution is 0.590. The summed E-state index contributed by atoms with van der Waals surface area (Å²) in [6.45, 7) is 23.7. The number of benzene rings is 8. The van der Waals surface area contributed by atoms with Crippen molar-refractivity contribution in [1.29, 1.82) is 0 Å². The van der Waals surface area contributed by atoms with E-state index in [1.54, 1.807) is 0 Å². The smallest absolute Gasteiger partial charge is 0.252 e. The van der Waals surface area contributed by atoms with Crippen LogP contribution in [0.1, 0.15) is 121 Å². The van der Waals surface area contributed by atoms with Gasteiger partial charge in [-0.2, -0.15) is 0 Å². The molecule has 348 valence electrons. The predicted octanol–water partition coefficient (Wildman–Crippen LogP) is 16.3. The van der Waals surface area contributed by atoms with E-state index in [0.717, 1.165) is 12.8 Å². The molecule has 8 aromatic carbocycles. The lowest BCUT2D eigenvalue weighted by atomic mass is 9.33. The molecule has 2 heterocycles. The Labute approximate surface area is 422 Å². The number of allylic oxidation sites excluding steroid dienone is 4. The van der Waals surface area contributed by atoms with E-state index in [1.807, 2.05) is 0 Å². The molecular weight excluding hydrogens is 856 g/mol. The molecule has 0 radical (unpaired) electrons. The van der Waals surface area contributed by atoms with Crippen molar-refractivity contribution in [3.8, 4) is 22.3 Å². The topological polar surface area (TPSA) is 6.48 Å². The molecule has 71 heavy (non-hydrogen) atoms. The van der Waals surface area contributed by atoms with Crippen LogP contribution < -0.4 is 26.2 Å². The Morgan fingerprint density at radius 2 is 0.944 bits per heavy atom. The summed E-state index contributed by atoms with van der Waals surface area (Å²) in [4.78, 5) is 5.14. The van der Waals surface area contributed by atoms with Gasteiger partial charge in [-0.05, 0) is 167 Å². The van der Waals surface area contributed by atoms with Crippen LogP contribution in [-0.4, -0.2) is 6.71 Å². The third-order valence-electron chi connectivity index (χ3n) is 17.0. The maximum Gasteiger partial charge on any atom is 0.252 e. The maximum absolute atomic E-state index is 2.57. The molecule has 0 N–H and O–H groups in total. The van der Waals surface area contributed by atoms with E-state index in [2.05, 4.69) is 255 Å². The summed E-state index contributed by atoms with van der Waals surface area (Å²) in [5, 5.41) is 0. The lowest BCUT2D eigenvalue weighted by Crippen LogP contribution is -2.61. The highest BCUT2D eigenvalue weighted by Crippen LogP contribution is 2.56. The molecule has 0 amide bonds. The van der Waals surface area contributed by atoms with Gasteiger partial charge >= 0.3 is 0 Å². The summed E-state index contributed by atoms with van der Waals surface area (Å²) in [6.07, 6.45) is 4.66. The molecule has 3 heteroatoms. The van der Waals surface area contributed by atoms with Crippen molar-refractivity contribution in [3.05, 3.63) is 220 Å². The first-order valence-electron chi connectivity index (χ1n) is 26.0.